The molecule has 0 saturated carbocycles. The Morgan fingerprint density at radius 3 is 2.63 bits per heavy atom. The summed E-state index contributed by atoms with van der Waals surface area (Å²) in [5, 5.41) is 3.00. The number of halogens is 1. The van der Waals surface area contributed by atoms with Gasteiger partial charge in [-0.15, -0.1) is 11.3 Å². The predicted octanol–water partition coefficient (Wildman–Crippen LogP) is 1.91. The van der Waals surface area contributed by atoms with Crippen LogP contribution in [0.4, 0.5) is 9.39 Å². The number of primary amides is 1. The highest BCUT2D eigenvalue weighted by Crippen LogP contribution is 2.36. The fourth-order valence-electron chi connectivity index (χ4n) is 2.86. The van der Waals surface area contributed by atoms with Gasteiger partial charge in [-0.05, 0) is 36.2 Å². The van der Waals surface area contributed by atoms with Gasteiger partial charge in [-0.3, -0.25) is 14.4 Å². The standard InChI is InChI=1S/C18H18FN3O4S/c1-10(23)22-7-6-13-14(8-22)27-18(16(13)17(20)25)21-15(24)9-26-12-4-2-11(19)3-5-12/h2-5H,6-9H2,1H3,(H2,20,25)(H,21,24). The fourth-order valence-corrected chi connectivity index (χ4v) is 4.15. The van der Waals surface area contributed by atoms with E-state index >= 15 is 0 Å². The van der Waals surface area contributed by atoms with E-state index in [9.17, 15) is 18.8 Å². The molecule has 2 aromatic rings. The third kappa shape index (κ3) is 4.25. The second kappa shape index (κ2) is 7.75. The Labute approximate surface area is 158 Å². The number of benzene rings is 1. The number of nitrogens with one attached hydrogen (secondary N) is 1. The van der Waals surface area contributed by atoms with Crippen molar-refractivity contribution < 1.29 is 23.5 Å². The first kappa shape index (κ1) is 18.8. The van der Waals surface area contributed by atoms with Crippen LogP contribution in [0, 0.1) is 5.82 Å². The van der Waals surface area contributed by atoms with E-state index < -0.39 is 17.6 Å². The van der Waals surface area contributed by atoms with Gasteiger partial charge in [0.2, 0.25) is 5.91 Å². The van der Waals surface area contributed by atoms with Crippen LogP contribution in [0.2, 0.25) is 0 Å². The zero-order valence-corrected chi connectivity index (χ0v) is 15.4. The minimum absolute atomic E-state index is 0.0482. The lowest BCUT2D eigenvalue weighted by Crippen LogP contribution is -2.34. The van der Waals surface area contributed by atoms with Crippen LogP contribution in [0.25, 0.3) is 0 Å². The van der Waals surface area contributed by atoms with E-state index in [0.29, 0.717) is 30.3 Å². The lowest BCUT2D eigenvalue weighted by molar-refractivity contribution is -0.129. The Kier molecular flexibility index (Phi) is 5.41. The second-order valence-electron chi connectivity index (χ2n) is 6.05. The smallest absolute Gasteiger partial charge is 0.262 e. The summed E-state index contributed by atoms with van der Waals surface area (Å²) < 4.78 is 18.2. The molecule has 3 N–H and O–H groups in total. The van der Waals surface area contributed by atoms with Crippen molar-refractivity contribution in [2.45, 2.75) is 19.9 Å². The molecule has 0 fully saturated rings. The van der Waals surface area contributed by atoms with Crippen molar-refractivity contribution in [3.05, 3.63) is 46.1 Å². The highest BCUT2D eigenvalue weighted by Gasteiger charge is 2.28. The summed E-state index contributed by atoms with van der Waals surface area (Å²) in [6.45, 7) is 2.08. The monoisotopic (exact) mass is 391 g/mol. The van der Waals surface area contributed by atoms with Gasteiger partial charge in [0.05, 0.1) is 12.1 Å². The van der Waals surface area contributed by atoms with E-state index in [-0.39, 0.29) is 18.1 Å². The first-order valence-electron chi connectivity index (χ1n) is 8.23. The van der Waals surface area contributed by atoms with Crippen LogP contribution in [0.3, 0.4) is 0 Å². The van der Waals surface area contributed by atoms with Crippen LogP contribution in [0.1, 0.15) is 27.7 Å². The van der Waals surface area contributed by atoms with Crippen LogP contribution in [0.5, 0.6) is 5.75 Å². The van der Waals surface area contributed by atoms with Gasteiger partial charge in [-0.2, -0.15) is 0 Å². The van der Waals surface area contributed by atoms with E-state index in [1.165, 1.54) is 42.5 Å². The third-order valence-electron chi connectivity index (χ3n) is 4.19. The number of fused-ring (bicyclic) bond motifs is 1. The summed E-state index contributed by atoms with van der Waals surface area (Å²) in [7, 11) is 0. The number of ether oxygens (including phenoxy) is 1. The minimum Gasteiger partial charge on any atom is -0.484 e. The van der Waals surface area contributed by atoms with Crippen LogP contribution in [-0.4, -0.2) is 35.8 Å². The molecule has 2 heterocycles. The van der Waals surface area contributed by atoms with Gasteiger partial charge < -0.3 is 20.7 Å². The van der Waals surface area contributed by atoms with Gasteiger partial charge in [0, 0.05) is 18.3 Å². The zero-order valence-electron chi connectivity index (χ0n) is 14.6. The van der Waals surface area contributed by atoms with Crippen molar-refractivity contribution in [3.63, 3.8) is 0 Å². The average molecular weight is 391 g/mol. The number of nitrogens with two attached hydrogens (primary N) is 1. The lowest BCUT2D eigenvalue weighted by atomic mass is 10.0. The third-order valence-corrected chi connectivity index (χ3v) is 5.32. The first-order valence-corrected chi connectivity index (χ1v) is 9.05. The maximum atomic E-state index is 12.9. The molecule has 3 rings (SSSR count). The van der Waals surface area contributed by atoms with Crippen molar-refractivity contribution in [1.82, 2.24) is 4.90 Å². The van der Waals surface area contributed by atoms with Crippen LogP contribution in [-0.2, 0) is 22.6 Å². The molecular weight excluding hydrogens is 373 g/mol. The van der Waals surface area contributed by atoms with E-state index in [4.69, 9.17) is 10.5 Å². The van der Waals surface area contributed by atoms with Gasteiger partial charge in [0.25, 0.3) is 11.8 Å². The van der Waals surface area contributed by atoms with Crippen molar-refractivity contribution in [1.29, 1.82) is 0 Å². The zero-order chi connectivity index (χ0) is 19.6. The summed E-state index contributed by atoms with van der Waals surface area (Å²) in [5.74, 6) is -1.19. The van der Waals surface area contributed by atoms with E-state index in [0.717, 1.165) is 10.4 Å². The molecule has 0 aliphatic carbocycles. The molecule has 9 heteroatoms. The topological polar surface area (TPSA) is 102 Å². The molecule has 0 radical (unpaired) electrons. The molecule has 0 unspecified atom stereocenters. The highest BCUT2D eigenvalue weighted by atomic mass is 32.1. The summed E-state index contributed by atoms with van der Waals surface area (Å²) in [6.07, 6.45) is 0.506. The molecule has 0 bridgehead atoms. The number of hydrogen-bond acceptors (Lipinski definition) is 5. The van der Waals surface area contributed by atoms with Crippen LogP contribution >= 0.6 is 11.3 Å². The van der Waals surface area contributed by atoms with Crippen LogP contribution in [0.15, 0.2) is 24.3 Å². The predicted molar refractivity (Wildman–Crippen MR) is 98.2 cm³/mol. The summed E-state index contributed by atoms with van der Waals surface area (Å²) in [6, 6.07) is 5.29. The van der Waals surface area contributed by atoms with Crippen molar-refractivity contribution in [3.8, 4) is 5.75 Å². The normalized spacial score (nSPS) is 13.0. The molecule has 1 aliphatic rings. The Morgan fingerprint density at radius 1 is 1.30 bits per heavy atom. The van der Waals surface area contributed by atoms with Gasteiger partial charge in [-0.25, -0.2) is 4.39 Å². The molecule has 0 spiro atoms. The number of nitrogens with zero attached hydrogens (tertiary/aromatic N) is 1. The molecule has 3 amide bonds. The highest BCUT2D eigenvalue weighted by molar-refractivity contribution is 7.17. The van der Waals surface area contributed by atoms with Gasteiger partial charge in [0.15, 0.2) is 6.61 Å². The fraction of sp³-hybridized carbons (Fsp3) is 0.278. The molecular formula is C18H18FN3O4S. The number of amides is 3. The SMILES string of the molecule is CC(=O)N1CCc2c(sc(NC(=O)COc3ccc(F)cc3)c2C(N)=O)C1. The summed E-state index contributed by atoms with van der Waals surface area (Å²) in [5.41, 5.74) is 6.56. The molecule has 1 aromatic heterocycles. The number of anilines is 1. The Balaban J connectivity index is 1.72. The number of hydrogen-bond donors (Lipinski definition) is 2. The van der Waals surface area contributed by atoms with Gasteiger partial charge in [-0.1, -0.05) is 0 Å². The number of carbonyl (C=O) groups is 3. The Morgan fingerprint density at radius 2 is 2.00 bits per heavy atom. The molecule has 1 aromatic carbocycles. The average Bonchev–Trinajstić information content (AvgIpc) is 2.98. The lowest BCUT2D eigenvalue weighted by Gasteiger charge is -2.25. The summed E-state index contributed by atoms with van der Waals surface area (Å²) in [4.78, 5) is 38.2. The van der Waals surface area contributed by atoms with Crippen molar-refractivity contribution >= 4 is 34.1 Å². The van der Waals surface area contributed by atoms with Gasteiger partial charge >= 0.3 is 0 Å². The number of thiophene rings is 1. The minimum atomic E-state index is -0.626. The quantitative estimate of drug-likeness (QED) is 0.813. The Hall–Kier alpha value is -2.94. The summed E-state index contributed by atoms with van der Waals surface area (Å²) >= 11 is 1.23. The molecule has 1 aliphatic heterocycles. The van der Waals surface area contributed by atoms with Crippen molar-refractivity contribution in [2.24, 2.45) is 5.73 Å². The van der Waals surface area contributed by atoms with Crippen molar-refractivity contribution in [2.75, 3.05) is 18.5 Å². The number of rotatable bonds is 5. The number of carbonyl (C=O) groups excluding carboxylic acids is 3. The molecule has 0 saturated heterocycles. The van der Waals surface area contributed by atoms with E-state index in [1.54, 1.807) is 4.90 Å². The largest absolute Gasteiger partial charge is 0.484 e. The maximum absolute atomic E-state index is 12.9. The molecule has 0 atom stereocenters. The van der Waals surface area contributed by atoms with Crippen LogP contribution < -0.4 is 15.8 Å². The molecule has 142 valence electrons. The van der Waals surface area contributed by atoms with E-state index in [1.807, 2.05) is 0 Å². The molecule has 7 nitrogen and oxygen atoms in total. The second-order valence-corrected chi connectivity index (χ2v) is 7.16. The maximum Gasteiger partial charge on any atom is 0.262 e. The first-order chi connectivity index (χ1) is 12.8. The Bertz CT molecular complexity index is 895. The molecule has 27 heavy (non-hydrogen) atoms. The van der Waals surface area contributed by atoms with E-state index in [2.05, 4.69) is 5.32 Å². The van der Waals surface area contributed by atoms with Gasteiger partial charge in [0.1, 0.15) is 16.6 Å².